The molecule has 3 amide bonds. The van der Waals surface area contributed by atoms with Crippen molar-refractivity contribution >= 4 is 29.3 Å². The van der Waals surface area contributed by atoms with Gasteiger partial charge in [0.25, 0.3) is 5.91 Å². The molecule has 0 aromatic heterocycles. The lowest BCUT2D eigenvalue weighted by Crippen LogP contribution is -2.47. The summed E-state index contributed by atoms with van der Waals surface area (Å²) in [6, 6.07) is 14.1. The Kier molecular flexibility index (Phi) is 14.0. The van der Waals surface area contributed by atoms with Crippen molar-refractivity contribution in [1.29, 1.82) is 0 Å². The number of likely N-dealkylation sites (N-methyl/N-ethyl adjacent to an activating group) is 1. The molecule has 0 bridgehead atoms. The first-order chi connectivity index (χ1) is 24.6. The summed E-state index contributed by atoms with van der Waals surface area (Å²) >= 11 is 0. The van der Waals surface area contributed by atoms with Gasteiger partial charge in [-0.15, -0.1) is 0 Å². The minimum absolute atomic E-state index is 0.146. The van der Waals surface area contributed by atoms with Crippen LogP contribution in [-0.2, 0) is 17.5 Å². The molecular weight excluding hydrogens is 681 g/mol. The number of urea groups is 1. The zero-order valence-electron chi connectivity index (χ0n) is 29.8. The third-order valence-electron chi connectivity index (χ3n) is 8.92. The van der Waals surface area contributed by atoms with E-state index in [1.807, 2.05) is 20.9 Å². The summed E-state index contributed by atoms with van der Waals surface area (Å²) in [4.78, 5) is 42.1. The molecule has 52 heavy (non-hydrogen) atoms. The van der Waals surface area contributed by atoms with Crippen molar-refractivity contribution in [2.24, 2.45) is 5.92 Å². The molecule has 282 valence electrons. The Morgan fingerprint density at radius 2 is 1.65 bits per heavy atom. The normalized spacial score (nSPS) is 19.6. The van der Waals surface area contributed by atoms with Gasteiger partial charge in [-0.2, -0.15) is 13.2 Å². The van der Waals surface area contributed by atoms with E-state index in [-0.39, 0.29) is 53.8 Å². The number of carbonyl (C=O) groups excluding carboxylic acids is 2. The molecular formula is C38H47F3N4O7. The summed E-state index contributed by atoms with van der Waals surface area (Å²) in [6.07, 6.45) is -2.76. The van der Waals surface area contributed by atoms with Gasteiger partial charge in [0.2, 0.25) is 0 Å². The van der Waals surface area contributed by atoms with Crippen LogP contribution in [0.15, 0.2) is 66.7 Å². The number of nitrogens with one attached hydrogen (secondary N) is 2. The molecule has 0 radical (unpaired) electrons. The van der Waals surface area contributed by atoms with Crippen molar-refractivity contribution < 1.29 is 47.2 Å². The summed E-state index contributed by atoms with van der Waals surface area (Å²) in [5.41, 5.74) is 0.869. The Bertz CT molecular complexity index is 1650. The van der Waals surface area contributed by atoms with E-state index in [1.54, 1.807) is 48.2 Å². The second kappa shape index (κ2) is 18.2. The fourth-order valence-corrected chi connectivity index (χ4v) is 5.94. The van der Waals surface area contributed by atoms with Crippen LogP contribution in [0.25, 0.3) is 0 Å². The molecule has 3 aromatic carbocycles. The van der Waals surface area contributed by atoms with Gasteiger partial charge in [0.05, 0.1) is 41.5 Å². The van der Waals surface area contributed by atoms with E-state index in [2.05, 4.69) is 15.5 Å². The number of hydrogen-bond donors (Lipinski definition) is 4. The van der Waals surface area contributed by atoms with Crippen molar-refractivity contribution in [1.82, 2.24) is 9.80 Å². The summed E-state index contributed by atoms with van der Waals surface area (Å²) in [5, 5.41) is 24.6. The van der Waals surface area contributed by atoms with Gasteiger partial charge in [-0.25, -0.2) is 9.59 Å². The highest BCUT2D eigenvalue weighted by Crippen LogP contribution is 2.31. The van der Waals surface area contributed by atoms with Crippen molar-refractivity contribution in [3.63, 3.8) is 0 Å². The van der Waals surface area contributed by atoms with Crippen molar-refractivity contribution in [2.45, 2.75) is 71.0 Å². The molecule has 3 aromatic rings. The Balaban J connectivity index is 1.55. The van der Waals surface area contributed by atoms with Crippen LogP contribution in [-0.4, -0.2) is 89.5 Å². The maximum Gasteiger partial charge on any atom is 0.416 e. The number of carbonyl (C=O) groups is 3. The SMILES string of the molecule is C[C@@H]1CCCCO[C@@H](CN(C)Cc2ccc(C(=O)O)cc2)[C@H](C)CN([C@@H](C)CO)C(=O)c2cc(NC(=O)Nc3ccc(C(F)(F)F)cc3)ccc2O1. The molecule has 4 N–H and O–H groups in total. The average molecular weight is 729 g/mol. The third-order valence-corrected chi connectivity index (χ3v) is 8.92. The maximum absolute atomic E-state index is 14.4. The fraction of sp³-hybridized carbons (Fsp3) is 0.447. The van der Waals surface area contributed by atoms with Crippen molar-refractivity contribution in [3.8, 4) is 5.75 Å². The Morgan fingerprint density at radius 1 is 1.00 bits per heavy atom. The highest BCUT2D eigenvalue weighted by atomic mass is 19.4. The highest BCUT2D eigenvalue weighted by molar-refractivity contribution is 6.02. The molecule has 1 heterocycles. The topological polar surface area (TPSA) is 141 Å². The van der Waals surface area contributed by atoms with Gasteiger partial charge in [-0.3, -0.25) is 9.69 Å². The number of hydrogen-bond acceptors (Lipinski definition) is 7. The molecule has 4 atom stereocenters. The van der Waals surface area contributed by atoms with E-state index in [0.29, 0.717) is 31.9 Å². The predicted molar refractivity (Wildman–Crippen MR) is 191 cm³/mol. The largest absolute Gasteiger partial charge is 0.490 e. The summed E-state index contributed by atoms with van der Waals surface area (Å²) in [7, 11) is 1.95. The number of aliphatic hydroxyl groups is 1. The minimum Gasteiger partial charge on any atom is -0.490 e. The number of nitrogens with zero attached hydrogens (tertiary/aromatic N) is 2. The Morgan fingerprint density at radius 3 is 2.29 bits per heavy atom. The van der Waals surface area contributed by atoms with E-state index in [4.69, 9.17) is 9.47 Å². The number of halogens is 3. The fourth-order valence-electron chi connectivity index (χ4n) is 5.94. The second-order valence-electron chi connectivity index (χ2n) is 13.4. The number of aliphatic hydroxyl groups excluding tert-OH is 1. The first-order valence-corrected chi connectivity index (χ1v) is 17.2. The first kappa shape index (κ1) is 40.1. The van der Waals surface area contributed by atoms with Gasteiger partial charge < -0.3 is 35.2 Å². The molecule has 1 aliphatic rings. The molecule has 4 rings (SSSR count). The van der Waals surface area contributed by atoms with E-state index in [0.717, 1.165) is 42.7 Å². The number of carboxylic acids is 1. The van der Waals surface area contributed by atoms with Gasteiger partial charge in [-0.1, -0.05) is 19.1 Å². The third kappa shape index (κ3) is 11.4. The number of anilines is 2. The molecule has 0 spiro atoms. The molecule has 0 unspecified atom stereocenters. The number of aromatic carboxylic acids is 1. The predicted octanol–water partition coefficient (Wildman–Crippen LogP) is 6.98. The van der Waals surface area contributed by atoms with Crippen molar-refractivity contribution in [2.75, 3.05) is 44.0 Å². The zero-order valence-corrected chi connectivity index (χ0v) is 29.8. The lowest BCUT2D eigenvalue weighted by Gasteiger charge is -2.36. The number of rotatable bonds is 9. The number of ether oxygens (including phenoxy) is 2. The molecule has 11 nitrogen and oxygen atoms in total. The van der Waals surface area contributed by atoms with Gasteiger partial charge in [0.15, 0.2) is 0 Å². The number of alkyl halides is 3. The van der Waals surface area contributed by atoms with Crippen LogP contribution in [0, 0.1) is 5.92 Å². The molecule has 14 heteroatoms. The van der Waals surface area contributed by atoms with Crippen LogP contribution in [0.3, 0.4) is 0 Å². The van der Waals surface area contributed by atoms with Crippen LogP contribution in [0.1, 0.15) is 71.9 Å². The molecule has 0 saturated carbocycles. The molecule has 0 saturated heterocycles. The molecule has 0 fully saturated rings. The van der Waals surface area contributed by atoms with Gasteiger partial charge in [0.1, 0.15) is 5.75 Å². The van der Waals surface area contributed by atoms with Gasteiger partial charge >= 0.3 is 18.2 Å². The average Bonchev–Trinajstić information content (AvgIpc) is 3.09. The smallest absolute Gasteiger partial charge is 0.416 e. The summed E-state index contributed by atoms with van der Waals surface area (Å²) < 4.78 is 51.5. The number of amides is 3. The van der Waals surface area contributed by atoms with Gasteiger partial charge in [0, 0.05) is 43.5 Å². The maximum atomic E-state index is 14.4. The van der Waals surface area contributed by atoms with E-state index >= 15 is 0 Å². The van der Waals surface area contributed by atoms with E-state index < -0.39 is 35.7 Å². The number of benzene rings is 3. The zero-order chi connectivity index (χ0) is 38.0. The standard InChI is InChI=1S/C38H47F3N4O7/c1-24-20-45(25(2)23-46)35(47)32-19-31(43-37(50)42-30-14-12-29(13-15-30)38(39,40)41)16-17-33(32)52-26(3)7-5-6-18-51-34(24)22-44(4)21-27-8-10-28(11-9-27)36(48)49/h8-17,19,24-26,34,46H,5-7,18,20-23H2,1-4H3,(H,48,49)(H2,42,43,50)/t24-,25+,26-,34+/m1/s1. The van der Waals surface area contributed by atoms with Crippen LogP contribution in [0.5, 0.6) is 5.75 Å². The Hall–Kier alpha value is -4.66. The van der Waals surface area contributed by atoms with E-state index in [9.17, 15) is 37.8 Å². The number of fused-ring (bicyclic) bond motifs is 1. The summed E-state index contributed by atoms with van der Waals surface area (Å²) in [5.74, 6) is -1.29. The van der Waals surface area contributed by atoms with Crippen molar-refractivity contribution in [3.05, 3.63) is 89.0 Å². The molecule has 0 aliphatic carbocycles. The first-order valence-electron chi connectivity index (χ1n) is 17.2. The van der Waals surface area contributed by atoms with Crippen LogP contribution in [0.4, 0.5) is 29.3 Å². The lowest BCUT2D eigenvalue weighted by molar-refractivity contribution is -0.137. The highest BCUT2D eigenvalue weighted by Gasteiger charge is 2.31. The Labute approximate surface area is 301 Å². The summed E-state index contributed by atoms with van der Waals surface area (Å²) in [6.45, 7) is 7.12. The quantitative estimate of drug-likeness (QED) is 0.185. The van der Waals surface area contributed by atoms with Crippen LogP contribution >= 0.6 is 0 Å². The number of carboxylic acid groups (broad SMARTS) is 1. The van der Waals surface area contributed by atoms with Gasteiger partial charge in [-0.05, 0) is 100 Å². The minimum atomic E-state index is -4.51. The van der Waals surface area contributed by atoms with Crippen LogP contribution < -0.4 is 15.4 Å². The second-order valence-corrected chi connectivity index (χ2v) is 13.4. The van der Waals surface area contributed by atoms with E-state index in [1.165, 1.54) is 6.07 Å². The lowest BCUT2D eigenvalue weighted by atomic mass is 10.0. The van der Waals surface area contributed by atoms with Crippen LogP contribution in [0.2, 0.25) is 0 Å². The molecule has 1 aliphatic heterocycles. The monoisotopic (exact) mass is 728 g/mol.